The van der Waals surface area contributed by atoms with E-state index in [1.165, 1.54) is 16.5 Å². The minimum atomic E-state index is 0.360. The van der Waals surface area contributed by atoms with Gasteiger partial charge in [0.15, 0.2) is 0 Å². The van der Waals surface area contributed by atoms with E-state index in [2.05, 4.69) is 41.6 Å². The smallest absolute Gasteiger partial charge is 0.0457 e. The number of aromatic amines is 1. The predicted molar refractivity (Wildman–Crippen MR) is 63.7 cm³/mol. The van der Waals surface area contributed by atoms with E-state index >= 15 is 0 Å². The van der Waals surface area contributed by atoms with Crippen molar-refractivity contribution in [3.8, 4) is 0 Å². The number of hydrogen-bond acceptors (Lipinski definition) is 2. The molecule has 0 spiro atoms. The Bertz CT molecular complexity index is 433. The highest BCUT2D eigenvalue weighted by Gasteiger charge is 2.03. The molecule has 0 aliphatic carbocycles. The fourth-order valence-corrected chi connectivity index (χ4v) is 1.65. The van der Waals surface area contributed by atoms with Crippen molar-refractivity contribution in [2.24, 2.45) is 5.73 Å². The van der Waals surface area contributed by atoms with Gasteiger partial charge in [0.2, 0.25) is 0 Å². The zero-order chi connectivity index (χ0) is 10.7. The summed E-state index contributed by atoms with van der Waals surface area (Å²) in [6.07, 6.45) is 2.06. The molecule has 3 heteroatoms. The summed E-state index contributed by atoms with van der Waals surface area (Å²) in [6.45, 7) is 3.62. The van der Waals surface area contributed by atoms with Crippen molar-refractivity contribution < 1.29 is 0 Å². The zero-order valence-electron chi connectivity index (χ0n) is 8.96. The maximum Gasteiger partial charge on any atom is 0.0457 e. The lowest BCUT2D eigenvalue weighted by atomic mass is 10.1. The van der Waals surface area contributed by atoms with E-state index in [-0.39, 0.29) is 0 Å². The van der Waals surface area contributed by atoms with Crippen LogP contribution >= 0.6 is 0 Å². The summed E-state index contributed by atoms with van der Waals surface area (Å²) in [5, 5.41) is 4.67. The number of nitrogens with two attached hydrogens (primary N) is 1. The lowest BCUT2D eigenvalue weighted by molar-refractivity contribution is 0.558. The van der Waals surface area contributed by atoms with E-state index in [9.17, 15) is 0 Å². The van der Waals surface area contributed by atoms with Gasteiger partial charge in [-0.3, -0.25) is 0 Å². The number of para-hydroxylation sites is 1. The van der Waals surface area contributed by atoms with Crippen LogP contribution in [-0.2, 0) is 6.54 Å². The fraction of sp³-hybridized carbons (Fsp3) is 0.333. The molecule has 0 bridgehead atoms. The Labute approximate surface area is 89.7 Å². The van der Waals surface area contributed by atoms with Crippen molar-refractivity contribution >= 4 is 10.9 Å². The Morgan fingerprint density at radius 1 is 1.40 bits per heavy atom. The average molecular weight is 203 g/mol. The van der Waals surface area contributed by atoms with Gasteiger partial charge in [0.25, 0.3) is 0 Å². The quantitative estimate of drug-likeness (QED) is 0.707. The van der Waals surface area contributed by atoms with Crippen molar-refractivity contribution in [2.45, 2.75) is 19.5 Å². The molecule has 0 radical (unpaired) electrons. The van der Waals surface area contributed by atoms with E-state index in [4.69, 9.17) is 5.73 Å². The topological polar surface area (TPSA) is 53.8 Å². The maximum atomic E-state index is 5.55. The van der Waals surface area contributed by atoms with Crippen molar-refractivity contribution in [1.82, 2.24) is 10.3 Å². The molecule has 80 valence electrons. The summed E-state index contributed by atoms with van der Waals surface area (Å²) in [6, 6.07) is 8.69. The number of fused-ring (bicyclic) bond motifs is 1. The Morgan fingerprint density at radius 3 is 3.00 bits per heavy atom. The molecule has 4 N–H and O–H groups in total. The van der Waals surface area contributed by atoms with Gasteiger partial charge < -0.3 is 16.0 Å². The highest BCUT2D eigenvalue weighted by molar-refractivity contribution is 5.82. The van der Waals surface area contributed by atoms with Gasteiger partial charge in [-0.1, -0.05) is 18.2 Å². The molecule has 1 atom stereocenters. The molecule has 0 fully saturated rings. The maximum absolute atomic E-state index is 5.55. The Balaban J connectivity index is 2.14. The molecule has 3 nitrogen and oxygen atoms in total. The van der Waals surface area contributed by atoms with Crippen molar-refractivity contribution in [3.63, 3.8) is 0 Å². The number of benzene rings is 1. The van der Waals surface area contributed by atoms with Gasteiger partial charge >= 0.3 is 0 Å². The number of H-pyrrole nitrogens is 1. The van der Waals surface area contributed by atoms with Crippen LogP contribution in [0.3, 0.4) is 0 Å². The molecule has 1 unspecified atom stereocenters. The lowest BCUT2D eigenvalue weighted by Crippen LogP contribution is -2.32. The number of rotatable bonds is 4. The number of hydrogen-bond donors (Lipinski definition) is 3. The molecule has 0 aliphatic heterocycles. The number of nitrogens with one attached hydrogen (secondary N) is 2. The van der Waals surface area contributed by atoms with E-state index in [1.807, 2.05) is 6.07 Å². The standard InChI is InChI=1S/C12H17N3/c1-9(6-13)14-7-10-8-15-12-5-3-2-4-11(10)12/h2-5,8-9,14-15H,6-7,13H2,1H3. The summed E-state index contributed by atoms with van der Waals surface area (Å²) in [5.41, 5.74) is 8.04. The molecule has 1 aromatic carbocycles. The molecule has 0 amide bonds. The van der Waals surface area contributed by atoms with Crippen molar-refractivity contribution in [2.75, 3.05) is 6.54 Å². The van der Waals surface area contributed by atoms with Crippen LogP contribution in [0, 0.1) is 0 Å². The largest absolute Gasteiger partial charge is 0.361 e. The molecule has 1 heterocycles. The van der Waals surface area contributed by atoms with Gasteiger partial charge in [-0.05, 0) is 18.6 Å². The fourth-order valence-electron chi connectivity index (χ4n) is 1.65. The van der Waals surface area contributed by atoms with E-state index < -0.39 is 0 Å². The number of aromatic nitrogens is 1. The minimum absolute atomic E-state index is 0.360. The molecule has 0 saturated carbocycles. The molecule has 1 aromatic heterocycles. The summed E-state index contributed by atoms with van der Waals surface area (Å²) >= 11 is 0. The first-order valence-corrected chi connectivity index (χ1v) is 5.29. The summed E-state index contributed by atoms with van der Waals surface area (Å²) < 4.78 is 0. The van der Waals surface area contributed by atoms with Gasteiger partial charge in [0.05, 0.1) is 0 Å². The van der Waals surface area contributed by atoms with Gasteiger partial charge in [0.1, 0.15) is 0 Å². The molecular weight excluding hydrogens is 186 g/mol. The summed E-state index contributed by atoms with van der Waals surface area (Å²) in [4.78, 5) is 3.26. The monoisotopic (exact) mass is 203 g/mol. The molecule has 2 rings (SSSR count). The molecule has 2 aromatic rings. The SMILES string of the molecule is CC(CN)NCc1c[nH]c2ccccc12. The average Bonchev–Trinajstić information content (AvgIpc) is 2.69. The zero-order valence-corrected chi connectivity index (χ0v) is 8.96. The molecule has 0 aliphatic rings. The predicted octanol–water partition coefficient (Wildman–Crippen LogP) is 1.60. The van der Waals surface area contributed by atoms with Gasteiger partial charge in [0, 0.05) is 36.2 Å². The third-order valence-corrected chi connectivity index (χ3v) is 2.67. The van der Waals surface area contributed by atoms with Crippen LogP contribution in [0.2, 0.25) is 0 Å². The van der Waals surface area contributed by atoms with Gasteiger partial charge in [-0.2, -0.15) is 0 Å². The van der Waals surface area contributed by atoms with E-state index in [0.29, 0.717) is 12.6 Å². The molecule has 15 heavy (non-hydrogen) atoms. The Kier molecular flexibility index (Phi) is 3.04. The molecular formula is C12H17N3. The van der Waals surface area contributed by atoms with E-state index in [0.717, 1.165) is 6.54 Å². The van der Waals surface area contributed by atoms with Gasteiger partial charge in [-0.25, -0.2) is 0 Å². The summed E-state index contributed by atoms with van der Waals surface area (Å²) in [7, 11) is 0. The van der Waals surface area contributed by atoms with Gasteiger partial charge in [-0.15, -0.1) is 0 Å². The minimum Gasteiger partial charge on any atom is -0.361 e. The summed E-state index contributed by atoms with van der Waals surface area (Å²) in [5.74, 6) is 0. The highest BCUT2D eigenvalue weighted by Crippen LogP contribution is 2.17. The van der Waals surface area contributed by atoms with E-state index in [1.54, 1.807) is 0 Å². The van der Waals surface area contributed by atoms with Crippen LogP contribution in [0.15, 0.2) is 30.5 Å². The molecule has 0 saturated heterocycles. The van der Waals surface area contributed by atoms with Crippen LogP contribution in [-0.4, -0.2) is 17.6 Å². The van der Waals surface area contributed by atoms with Crippen LogP contribution in [0.5, 0.6) is 0 Å². The lowest BCUT2D eigenvalue weighted by Gasteiger charge is -2.10. The Hall–Kier alpha value is -1.32. The normalized spacial score (nSPS) is 13.2. The van der Waals surface area contributed by atoms with Crippen LogP contribution < -0.4 is 11.1 Å². The highest BCUT2D eigenvalue weighted by atomic mass is 14.9. The van der Waals surface area contributed by atoms with Crippen LogP contribution in [0.1, 0.15) is 12.5 Å². The second kappa shape index (κ2) is 4.47. The first-order chi connectivity index (χ1) is 7.31. The van der Waals surface area contributed by atoms with Crippen LogP contribution in [0.25, 0.3) is 10.9 Å². The second-order valence-electron chi connectivity index (χ2n) is 3.88. The van der Waals surface area contributed by atoms with Crippen LogP contribution in [0.4, 0.5) is 0 Å². The first kappa shape index (κ1) is 10.2. The third kappa shape index (κ3) is 2.19. The van der Waals surface area contributed by atoms with Crippen molar-refractivity contribution in [3.05, 3.63) is 36.0 Å². The second-order valence-corrected chi connectivity index (χ2v) is 3.88. The third-order valence-electron chi connectivity index (χ3n) is 2.67. The van der Waals surface area contributed by atoms with Crippen molar-refractivity contribution in [1.29, 1.82) is 0 Å². The first-order valence-electron chi connectivity index (χ1n) is 5.29. The Morgan fingerprint density at radius 2 is 2.20 bits per heavy atom.